The Morgan fingerprint density at radius 1 is 1.26 bits per heavy atom. The van der Waals surface area contributed by atoms with Crippen molar-refractivity contribution in [2.45, 2.75) is 32.2 Å². The second-order valence-electron chi connectivity index (χ2n) is 7.08. The smallest absolute Gasteiger partial charge is 0.0459 e. The molecule has 2 atom stereocenters. The van der Waals surface area contributed by atoms with Crippen LogP contribution in [0.3, 0.4) is 0 Å². The van der Waals surface area contributed by atoms with Gasteiger partial charge < -0.3 is 4.98 Å². The standard InChI is InChI=1S/C20H27N3/c1-4-23(5-2)13-14-9-17-16-7-6-8-18-20(16)15(11-21-18)10-19(17)22(3)12-14/h6-9,11,17,19,21H,4-5,10,12-13H2,1-3H3/t17-,19-/m1/s1. The highest BCUT2D eigenvalue weighted by molar-refractivity contribution is 5.88. The molecule has 1 N–H and O–H groups in total. The molecule has 0 bridgehead atoms. The third-order valence-corrected chi connectivity index (χ3v) is 5.78. The first-order valence-corrected chi connectivity index (χ1v) is 8.92. The second-order valence-corrected chi connectivity index (χ2v) is 7.08. The average Bonchev–Trinajstić information content (AvgIpc) is 2.98. The van der Waals surface area contributed by atoms with Crippen LogP contribution < -0.4 is 0 Å². The number of fused-ring (bicyclic) bond motifs is 2. The van der Waals surface area contributed by atoms with Gasteiger partial charge in [-0.2, -0.15) is 0 Å². The third-order valence-electron chi connectivity index (χ3n) is 5.78. The van der Waals surface area contributed by atoms with Gasteiger partial charge in [0.15, 0.2) is 0 Å². The highest BCUT2D eigenvalue weighted by atomic mass is 15.2. The van der Waals surface area contributed by atoms with Gasteiger partial charge in [-0.15, -0.1) is 0 Å². The van der Waals surface area contributed by atoms with Crippen LogP contribution in [0.5, 0.6) is 0 Å². The van der Waals surface area contributed by atoms with Crippen molar-refractivity contribution < 1.29 is 0 Å². The lowest BCUT2D eigenvalue weighted by atomic mass is 9.76. The largest absolute Gasteiger partial charge is 0.361 e. The topological polar surface area (TPSA) is 22.3 Å². The first-order valence-electron chi connectivity index (χ1n) is 8.92. The van der Waals surface area contributed by atoms with Gasteiger partial charge in [-0.3, -0.25) is 9.80 Å². The first kappa shape index (κ1) is 15.0. The van der Waals surface area contributed by atoms with E-state index in [1.54, 1.807) is 5.57 Å². The van der Waals surface area contributed by atoms with Crippen LogP contribution in [-0.2, 0) is 6.42 Å². The summed E-state index contributed by atoms with van der Waals surface area (Å²) in [6.45, 7) is 8.98. The fourth-order valence-corrected chi connectivity index (χ4v) is 4.50. The predicted octanol–water partition coefficient (Wildman–Crippen LogP) is 3.39. The Hall–Kier alpha value is -1.58. The molecule has 0 amide bonds. The fourth-order valence-electron chi connectivity index (χ4n) is 4.50. The second kappa shape index (κ2) is 5.81. The molecule has 0 unspecified atom stereocenters. The van der Waals surface area contributed by atoms with Crippen molar-refractivity contribution in [1.29, 1.82) is 0 Å². The zero-order valence-corrected chi connectivity index (χ0v) is 14.5. The van der Waals surface area contributed by atoms with E-state index in [4.69, 9.17) is 0 Å². The van der Waals surface area contributed by atoms with E-state index in [2.05, 4.69) is 66.2 Å². The van der Waals surface area contributed by atoms with Crippen molar-refractivity contribution in [3.05, 3.63) is 47.2 Å². The Bertz CT molecular complexity index is 738. The molecule has 1 aliphatic carbocycles. The SMILES string of the molecule is CCN(CC)CC1=C[C@@H]2c3cccc4[nH]cc(c34)C[C@H]2N(C)C1. The molecule has 0 fully saturated rings. The maximum atomic E-state index is 3.46. The third kappa shape index (κ3) is 2.43. The van der Waals surface area contributed by atoms with Crippen molar-refractivity contribution >= 4 is 10.9 Å². The minimum Gasteiger partial charge on any atom is -0.361 e. The number of aromatic amines is 1. The Kier molecular flexibility index (Phi) is 3.78. The van der Waals surface area contributed by atoms with Crippen LogP contribution in [0.1, 0.15) is 30.9 Å². The maximum absolute atomic E-state index is 3.46. The first-order chi connectivity index (χ1) is 11.2. The van der Waals surface area contributed by atoms with Gasteiger partial charge >= 0.3 is 0 Å². The van der Waals surface area contributed by atoms with Gasteiger partial charge in [-0.1, -0.05) is 32.1 Å². The summed E-state index contributed by atoms with van der Waals surface area (Å²) in [5.74, 6) is 0.534. The molecule has 1 aromatic heterocycles. The van der Waals surface area contributed by atoms with Crippen LogP contribution in [0, 0.1) is 0 Å². The van der Waals surface area contributed by atoms with Gasteiger partial charge in [0.05, 0.1) is 0 Å². The number of hydrogen-bond donors (Lipinski definition) is 1. The molecule has 2 heterocycles. The van der Waals surface area contributed by atoms with E-state index in [1.807, 2.05) is 0 Å². The number of aromatic nitrogens is 1. The molecule has 3 nitrogen and oxygen atoms in total. The molecule has 3 heteroatoms. The molecule has 0 saturated carbocycles. The summed E-state index contributed by atoms with van der Waals surface area (Å²) in [5, 5.41) is 1.47. The van der Waals surface area contributed by atoms with Crippen LogP contribution in [0.15, 0.2) is 36.0 Å². The van der Waals surface area contributed by atoms with E-state index in [0.717, 1.165) is 32.6 Å². The number of likely N-dealkylation sites (N-methyl/N-ethyl adjacent to an activating group) is 2. The van der Waals surface area contributed by atoms with Gasteiger partial charge in [0.25, 0.3) is 0 Å². The summed E-state index contributed by atoms with van der Waals surface area (Å²) in [5.41, 5.74) is 5.87. The lowest BCUT2D eigenvalue weighted by molar-refractivity contribution is 0.213. The highest BCUT2D eigenvalue weighted by Crippen LogP contribution is 2.41. The summed E-state index contributed by atoms with van der Waals surface area (Å²) >= 11 is 0. The van der Waals surface area contributed by atoms with E-state index in [1.165, 1.54) is 22.0 Å². The Labute approximate surface area is 139 Å². The van der Waals surface area contributed by atoms with Crippen LogP contribution in [0.25, 0.3) is 10.9 Å². The van der Waals surface area contributed by atoms with E-state index < -0.39 is 0 Å². The number of rotatable bonds is 4. The normalized spacial score (nSPS) is 24.1. The highest BCUT2D eigenvalue weighted by Gasteiger charge is 2.35. The predicted molar refractivity (Wildman–Crippen MR) is 97.0 cm³/mol. The van der Waals surface area contributed by atoms with Crippen molar-refractivity contribution in [3.63, 3.8) is 0 Å². The zero-order valence-electron chi connectivity index (χ0n) is 14.5. The fraction of sp³-hybridized carbons (Fsp3) is 0.500. The number of benzene rings is 1. The molecule has 4 rings (SSSR count). The number of hydrogen-bond acceptors (Lipinski definition) is 2. The Balaban J connectivity index is 1.75. The van der Waals surface area contributed by atoms with Gasteiger partial charge in [0, 0.05) is 42.1 Å². The molecule has 0 radical (unpaired) electrons. The van der Waals surface area contributed by atoms with E-state index >= 15 is 0 Å². The van der Waals surface area contributed by atoms with Gasteiger partial charge in [-0.05, 0) is 49.3 Å². The zero-order chi connectivity index (χ0) is 16.0. The van der Waals surface area contributed by atoms with Crippen LogP contribution >= 0.6 is 0 Å². The minimum atomic E-state index is 0.534. The van der Waals surface area contributed by atoms with E-state index in [9.17, 15) is 0 Å². The van der Waals surface area contributed by atoms with E-state index in [0.29, 0.717) is 12.0 Å². The van der Waals surface area contributed by atoms with Gasteiger partial charge in [-0.25, -0.2) is 0 Å². The van der Waals surface area contributed by atoms with Crippen molar-refractivity contribution in [1.82, 2.24) is 14.8 Å². The Morgan fingerprint density at radius 2 is 2.09 bits per heavy atom. The lowest BCUT2D eigenvalue weighted by Gasteiger charge is -2.42. The quantitative estimate of drug-likeness (QED) is 0.875. The lowest BCUT2D eigenvalue weighted by Crippen LogP contribution is -2.45. The van der Waals surface area contributed by atoms with Crippen molar-refractivity contribution in [2.24, 2.45) is 0 Å². The molecule has 1 aromatic carbocycles. The van der Waals surface area contributed by atoms with Gasteiger partial charge in [0.2, 0.25) is 0 Å². The molecule has 1 aliphatic heterocycles. The molecule has 2 aliphatic rings. The molecular weight excluding hydrogens is 282 g/mol. The summed E-state index contributed by atoms with van der Waals surface area (Å²) in [6.07, 6.45) is 5.95. The van der Waals surface area contributed by atoms with Crippen LogP contribution in [0.2, 0.25) is 0 Å². The van der Waals surface area contributed by atoms with Crippen molar-refractivity contribution in [3.8, 4) is 0 Å². The van der Waals surface area contributed by atoms with Crippen molar-refractivity contribution in [2.75, 3.05) is 33.2 Å². The number of H-pyrrole nitrogens is 1. The summed E-state index contributed by atoms with van der Waals surface area (Å²) in [6, 6.07) is 7.34. The molecule has 23 heavy (non-hydrogen) atoms. The van der Waals surface area contributed by atoms with Crippen LogP contribution in [0.4, 0.5) is 0 Å². The van der Waals surface area contributed by atoms with Gasteiger partial charge in [0.1, 0.15) is 0 Å². The Morgan fingerprint density at radius 3 is 2.87 bits per heavy atom. The number of nitrogens with zero attached hydrogens (tertiary/aromatic N) is 2. The average molecular weight is 309 g/mol. The minimum absolute atomic E-state index is 0.534. The molecule has 0 spiro atoms. The molecule has 0 saturated heterocycles. The van der Waals surface area contributed by atoms with E-state index in [-0.39, 0.29) is 0 Å². The molecular formula is C20H27N3. The molecule has 122 valence electrons. The summed E-state index contributed by atoms with van der Waals surface area (Å²) < 4.78 is 0. The van der Waals surface area contributed by atoms with Crippen LogP contribution in [-0.4, -0.2) is 54.1 Å². The number of nitrogens with one attached hydrogen (secondary N) is 1. The summed E-state index contributed by atoms with van der Waals surface area (Å²) in [4.78, 5) is 8.55. The summed E-state index contributed by atoms with van der Waals surface area (Å²) in [7, 11) is 2.30. The maximum Gasteiger partial charge on any atom is 0.0459 e. The molecule has 2 aromatic rings. The monoisotopic (exact) mass is 309 g/mol.